The second kappa shape index (κ2) is 6.87. The highest BCUT2D eigenvalue weighted by Crippen LogP contribution is 2.23. The maximum absolute atomic E-state index is 3.65. The standard InChI is InChI=1S/C13H26N2S/c1-2-13-11-15(7-3-6-14-13)10-12-4-8-16-9-5-12/h12-14H,2-11H2,1H3. The third-order valence-electron chi connectivity index (χ3n) is 3.91. The van der Waals surface area contributed by atoms with Gasteiger partial charge in [-0.3, -0.25) is 0 Å². The Balaban J connectivity index is 1.77. The second-order valence-electron chi connectivity index (χ2n) is 5.23. The van der Waals surface area contributed by atoms with Gasteiger partial charge < -0.3 is 10.2 Å². The summed E-state index contributed by atoms with van der Waals surface area (Å²) in [7, 11) is 0. The molecule has 0 aromatic heterocycles. The lowest BCUT2D eigenvalue weighted by Crippen LogP contribution is -2.39. The summed E-state index contributed by atoms with van der Waals surface area (Å²) in [6.07, 6.45) is 5.51. The van der Waals surface area contributed by atoms with Crippen LogP contribution in [0.3, 0.4) is 0 Å². The van der Waals surface area contributed by atoms with Crippen molar-refractivity contribution >= 4 is 11.8 Å². The molecule has 2 saturated heterocycles. The van der Waals surface area contributed by atoms with Crippen molar-refractivity contribution in [3.63, 3.8) is 0 Å². The zero-order valence-corrected chi connectivity index (χ0v) is 11.4. The second-order valence-corrected chi connectivity index (χ2v) is 6.45. The molecule has 2 rings (SSSR count). The first-order valence-electron chi connectivity index (χ1n) is 6.92. The van der Waals surface area contributed by atoms with Crippen molar-refractivity contribution in [2.45, 2.75) is 38.6 Å². The summed E-state index contributed by atoms with van der Waals surface area (Å²) in [6, 6.07) is 0.737. The van der Waals surface area contributed by atoms with E-state index in [-0.39, 0.29) is 0 Å². The average molecular weight is 242 g/mol. The lowest BCUT2D eigenvalue weighted by Gasteiger charge is -2.30. The Morgan fingerprint density at radius 2 is 2.12 bits per heavy atom. The first kappa shape index (κ1) is 12.7. The smallest absolute Gasteiger partial charge is 0.0192 e. The summed E-state index contributed by atoms with van der Waals surface area (Å²) >= 11 is 2.14. The van der Waals surface area contributed by atoms with Crippen molar-refractivity contribution in [2.24, 2.45) is 5.92 Å². The minimum atomic E-state index is 0.737. The molecule has 0 spiro atoms. The normalized spacial score (nSPS) is 30.2. The SMILES string of the molecule is CCC1CN(CC2CCSCC2)CCCN1. The Hall–Kier alpha value is 0.270. The minimum Gasteiger partial charge on any atom is -0.313 e. The fourth-order valence-electron chi connectivity index (χ4n) is 2.81. The van der Waals surface area contributed by atoms with Gasteiger partial charge >= 0.3 is 0 Å². The lowest BCUT2D eigenvalue weighted by atomic mass is 10.0. The molecule has 3 heteroatoms. The Labute approximate surface area is 105 Å². The molecule has 0 aromatic carbocycles. The quantitative estimate of drug-likeness (QED) is 0.817. The predicted octanol–water partition coefficient (Wildman–Crippen LogP) is 2.20. The summed E-state index contributed by atoms with van der Waals surface area (Å²) in [5.41, 5.74) is 0. The number of rotatable bonds is 3. The van der Waals surface area contributed by atoms with Gasteiger partial charge in [0.25, 0.3) is 0 Å². The van der Waals surface area contributed by atoms with Crippen LogP contribution in [0.1, 0.15) is 32.6 Å². The van der Waals surface area contributed by atoms with E-state index >= 15 is 0 Å². The van der Waals surface area contributed by atoms with Crippen LogP contribution < -0.4 is 5.32 Å². The Kier molecular flexibility index (Phi) is 5.46. The highest BCUT2D eigenvalue weighted by molar-refractivity contribution is 7.99. The summed E-state index contributed by atoms with van der Waals surface area (Å²) in [5, 5.41) is 3.65. The number of nitrogens with zero attached hydrogens (tertiary/aromatic N) is 1. The largest absolute Gasteiger partial charge is 0.313 e. The molecule has 2 heterocycles. The van der Waals surface area contributed by atoms with Crippen molar-refractivity contribution in [3.8, 4) is 0 Å². The van der Waals surface area contributed by atoms with Crippen LogP contribution in [0.25, 0.3) is 0 Å². The van der Waals surface area contributed by atoms with E-state index in [4.69, 9.17) is 0 Å². The van der Waals surface area contributed by atoms with Gasteiger partial charge in [0.05, 0.1) is 0 Å². The summed E-state index contributed by atoms with van der Waals surface area (Å²) in [5.74, 6) is 3.78. The van der Waals surface area contributed by atoms with Crippen molar-refractivity contribution < 1.29 is 0 Å². The molecular formula is C13H26N2S. The summed E-state index contributed by atoms with van der Waals surface area (Å²) in [6.45, 7) is 7.47. The number of nitrogens with one attached hydrogen (secondary N) is 1. The van der Waals surface area contributed by atoms with Gasteiger partial charge in [-0.15, -0.1) is 0 Å². The first-order chi connectivity index (χ1) is 7.88. The van der Waals surface area contributed by atoms with Crippen LogP contribution in [0.4, 0.5) is 0 Å². The molecule has 0 bridgehead atoms. The van der Waals surface area contributed by atoms with Crippen LogP contribution in [0, 0.1) is 5.92 Å². The molecule has 0 aromatic rings. The molecule has 2 aliphatic heterocycles. The molecule has 0 saturated carbocycles. The van der Waals surface area contributed by atoms with Crippen LogP contribution in [-0.4, -0.2) is 48.6 Å². The van der Waals surface area contributed by atoms with Gasteiger partial charge in [-0.05, 0) is 56.2 Å². The molecule has 94 valence electrons. The van der Waals surface area contributed by atoms with E-state index in [0.29, 0.717) is 0 Å². The van der Waals surface area contributed by atoms with Crippen LogP contribution in [0.5, 0.6) is 0 Å². The zero-order valence-electron chi connectivity index (χ0n) is 10.6. The monoisotopic (exact) mass is 242 g/mol. The van der Waals surface area contributed by atoms with E-state index in [2.05, 4.69) is 28.9 Å². The van der Waals surface area contributed by atoms with Crippen LogP contribution in [0.2, 0.25) is 0 Å². The molecule has 0 aliphatic carbocycles. The molecule has 1 N–H and O–H groups in total. The molecule has 1 atom stereocenters. The van der Waals surface area contributed by atoms with Gasteiger partial charge in [0, 0.05) is 19.1 Å². The van der Waals surface area contributed by atoms with Crippen molar-refractivity contribution in [1.82, 2.24) is 10.2 Å². The van der Waals surface area contributed by atoms with Crippen LogP contribution >= 0.6 is 11.8 Å². The Morgan fingerprint density at radius 1 is 1.31 bits per heavy atom. The third-order valence-corrected chi connectivity index (χ3v) is 4.96. The number of thioether (sulfide) groups is 1. The van der Waals surface area contributed by atoms with Crippen LogP contribution in [0.15, 0.2) is 0 Å². The topological polar surface area (TPSA) is 15.3 Å². The molecule has 16 heavy (non-hydrogen) atoms. The van der Waals surface area contributed by atoms with Gasteiger partial charge in [0.15, 0.2) is 0 Å². The van der Waals surface area contributed by atoms with E-state index in [1.165, 1.54) is 63.4 Å². The van der Waals surface area contributed by atoms with E-state index in [1.54, 1.807) is 0 Å². The van der Waals surface area contributed by atoms with Gasteiger partial charge in [-0.2, -0.15) is 11.8 Å². The molecule has 0 radical (unpaired) electrons. The van der Waals surface area contributed by atoms with E-state index in [9.17, 15) is 0 Å². The molecular weight excluding hydrogens is 216 g/mol. The third kappa shape index (κ3) is 3.94. The molecule has 1 unspecified atom stereocenters. The molecule has 2 aliphatic rings. The maximum Gasteiger partial charge on any atom is 0.0192 e. The first-order valence-corrected chi connectivity index (χ1v) is 8.07. The minimum absolute atomic E-state index is 0.737. The molecule has 0 amide bonds. The fraction of sp³-hybridized carbons (Fsp3) is 1.00. The Morgan fingerprint density at radius 3 is 2.88 bits per heavy atom. The fourth-order valence-corrected chi connectivity index (χ4v) is 4.01. The number of hydrogen-bond acceptors (Lipinski definition) is 3. The maximum atomic E-state index is 3.65. The van der Waals surface area contributed by atoms with E-state index in [0.717, 1.165) is 12.0 Å². The highest BCUT2D eigenvalue weighted by atomic mass is 32.2. The van der Waals surface area contributed by atoms with Crippen LogP contribution in [-0.2, 0) is 0 Å². The van der Waals surface area contributed by atoms with Gasteiger partial charge in [-0.25, -0.2) is 0 Å². The Bertz CT molecular complexity index is 192. The highest BCUT2D eigenvalue weighted by Gasteiger charge is 2.21. The average Bonchev–Trinajstić information content (AvgIpc) is 2.55. The lowest BCUT2D eigenvalue weighted by molar-refractivity contribution is 0.218. The molecule has 2 nitrogen and oxygen atoms in total. The van der Waals surface area contributed by atoms with E-state index in [1.807, 2.05) is 0 Å². The summed E-state index contributed by atoms with van der Waals surface area (Å²) in [4.78, 5) is 2.72. The van der Waals surface area contributed by atoms with Crippen molar-refractivity contribution in [2.75, 3.05) is 37.7 Å². The van der Waals surface area contributed by atoms with Gasteiger partial charge in [0.2, 0.25) is 0 Å². The number of hydrogen-bond donors (Lipinski definition) is 1. The van der Waals surface area contributed by atoms with Gasteiger partial charge in [0.1, 0.15) is 0 Å². The van der Waals surface area contributed by atoms with Gasteiger partial charge in [-0.1, -0.05) is 6.92 Å². The summed E-state index contributed by atoms with van der Waals surface area (Å²) < 4.78 is 0. The zero-order chi connectivity index (χ0) is 11.2. The van der Waals surface area contributed by atoms with E-state index < -0.39 is 0 Å². The predicted molar refractivity (Wildman–Crippen MR) is 73.2 cm³/mol. The van der Waals surface area contributed by atoms with Crippen molar-refractivity contribution in [1.29, 1.82) is 0 Å². The van der Waals surface area contributed by atoms with Crippen molar-refractivity contribution in [3.05, 3.63) is 0 Å². The molecule has 2 fully saturated rings.